The largest absolute Gasteiger partial charge is 0.346 e. The molecule has 0 aliphatic carbocycles. The highest BCUT2D eigenvalue weighted by Crippen LogP contribution is 2.14. The lowest BCUT2D eigenvalue weighted by Gasteiger charge is -2.06. The molecule has 2 aromatic heterocycles. The molecule has 2 rings (SSSR count). The summed E-state index contributed by atoms with van der Waals surface area (Å²) in [7, 11) is 0. The number of pyridine rings is 1. The number of nitrogens with two attached hydrogens (primary N) is 1. The molecular formula is C10H15N5OS. The summed E-state index contributed by atoms with van der Waals surface area (Å²) in [5, 5.41) is 1.04. The number of nitrogens with one attached hydrogen (secondary N) is 3. The van der Waals surface area contributed by atoms with E-state index in [1.807, 2.05) is 18.3 Å². The van der Waals surface area contributed by atoms with E-state index in [4.69, 9.17) is 5.73 Å². The molecule has 5 N–H and O–H groups in total. The average Bonchev–Trinajstić information content (AvgIpc) is 2.82. The second kappa shape index (κ2) is 5.87. The van der Waals surface area contributed by atoms with Crippen molar-refractivity contribution in [1.29, 1.82) is 0 Å². The third kappa shape index (κ3) is 3.10. The minimum Gasteiger partial charge on any atom is -0.346 e. The highest BCUT2D eigenvalue weighted by atomic mass is 32.2. The summed E-state index contributed by atoms with van der Waals surface area (Å²) in [5.41, 5.74) is 7.20. The quantitative estimate of drug-likeness (QED) is 0.573. The standard InChI is InChI=1S/C10H15N5OS/c11-3-6-14-17(16)15-7-8-1-4-12-10-9(8)2-5-13-10/h1-2,4-5,14-15H,3,6-7,11H2,(H,12,13). The van der Waals surface area contributed by atoms with Crippen LogP contribution in [-0.4, -0.2) is 27.3 Å². The van der Waals surface area contributed by atoms with Gasteiger partial charge in [-0.25, -0.2) is 18.6 Å². The van der Waals surface area contributed by atoms with E-state index in [0.29, 0.717) is 19.6 Å². The first-order valence-corrected chi connectivity index (χ1v) is 6.46. The zero-order valence-electron chi connectivity index (χ0n) is 9.27. The number of aromatic amines is 1. The molecule has 0 saturated carbocycles. The van der Waals surface area contributed by atoms with E-state index < -0.39 is 11.2 Å². The lowest BCUT2D eigenvalue weighted by Crippen LogP contribution is -2.33. The number of hydrogen-bond acceptors (Lipinski definition) is 3. The summed E-state index contributed by atoms with van der Waals surface area (Å²) in [6.07, 6.45) is 3.57. The van der Waals surface area contributed by atoms with Crippen molar-refractivity contribution in [3.8, 4) is 0 Å². The maximum absolute atomic E-state index is 11.5. The van der Waals surface area contributed by atoms with Gasteiger partial charge in [-0.3, -0.25) is 0 Å². The van der Waals surface area contributed by atoms with Crippen LogP contribution in [0.2, 0.25) is 0 Å². The first kappa shape index (κ1) is 12.2. The zero-order chi connectivity index (χ0) is 12.1. The number of nitrogens with zero attached hydrogens (tertiary/aromatic N) is 1. The number of aromatic nitrogens is 2. The number of rotatable bonds is 6. The Morgan fingerprint density at radius 2 is 2.29 bits per heavy atom. The normalized spacial score (nSPS) is 13.0. The van der Waals surface area contributed by atoms with Crippen molar-refractivity contribution in [2.24, 2.45) is 5.73 Å². The lowest BCUT2D eigenvalue weighted by atomic mass is 10.2. The number of fused-ring (bicyclic) bond motifs is 1. The Balaban J connectivity index is 1.99. The Bertz CT molecular complexity index is 512. The van der Waals surface area contributed by atoms with E-state index >= 15 is 0 Å². The molecule has 92 valence electrons. The third-order valence-corrected chi connectivity index (χ3v) is 3.19. The molecule has 1 atom stereocenters. The zero-order valence-corrected chi connectivity index (χ0v) is 10.1. The Morgan fingerprint density at radius 3 is 3.12 bits per heavy atom. The van der Waals surface area contributed by atoms with E-state index in [-0.39, 0.29) is 0 Å². The van der Waals surface area contributed by atoms with Gasteiger partial charge in [-0.15, -0.1) is 0 Å². The summed E-state index contributed by atoms with van der Waals surface area (Å²) < 4.78 is 17.1. The van der Waals surface area contributed by atoms with Crippen molar-refractivity contribution in [3.63, 3.8) is 0 Å². The number of hydrogen-bond donors (Lipinski definition) is 4. The van der Waals surface area contributed by atoms with Gasteiger partial charge in [0.15, 0.2) is 11.2 Å². The van der Waals surface area contributed by atoms with Gasteiger partial charge in [0.05, 0.1) is 0 Å². The molecular weight excluding hydrogens is 238 g/mol. The van der Waals surface area contributed by atoms with Crippen LogP contribution in [-0.2, 0) is 17.7 Å². The smallest absolute Gasteiger partial charge is 0.167 e. The van der Waals surface area contributed by atoms with E-state index in [2.05, 4.69) is 19.4 Å². The van der Waals surface area contributed by atoms with Gasteiger partial charge >= 0.3 is 0 Å². The summed E-state index contributed by atoms with van der Waals surface area (Å²) in [4.78, 5) is 7.22. The molecule has 0 aliphatic heterocycles. The Labute approximate surface area is 102 Å². The molecule has 0 aromatic carbocycles. The van der Waals surface area contributed by atoms with Crippen LogP contribution >= 0.6 is 0 Å². The van der Waals surface area contributed by atoms with Gasteiger partial charge in [0.2, 0.25) is 0 Å². The topological polar surface area (TPSA) is 95.8 Å². The van der Waals surface area contributed by atoms with Crippen LogP contribution in [0.3, 0.4) is 0 Å². The van der Waals surface area contributed by atoms with Gasteiger partial charge in [0, 0.05) is 37.4 Å². The maximum atomic E-state index is 11.5. The Hall–Kier alpha value is -1.28. The van der Waals surface area contributed by atoms with Gasteiger partial charge in [-0.05, 0) is 17.7 Å². The molecule has 2 aromatic rings. The molecule has 0 fully saturated rings. The average molecular weight is 253 g/mol. The SMILES string of the molecule is NCCNS(=O)NCc1ccnc2[nH]ccc12. The molecule has 17 heavy (non-hydrogen) atoms. The molecule has 2 heterocycles. The monoisotopic (exact) mass is 253 g/mol. The first-order chi connectivity index (χ1) is 8.31. The van der Waals surface area contributed by atoms with Crippen molar-refractivity contribution in [2.75, 3.05) is 13.1 Å². The minimum atomic E-state index is -1.26. The van der Waals surface area contributed by atoms with Crippen LogP contribution in [0, 0.1) is 0 Å². The molecule has 0 aliphatic rings. The molecule has 0 amide bonds. The van der Waals surface area contributed by atoms with E-state index in [1.165, 1.54) is 0 Å². The lowest BCUT2D eigenvalue weighted by molar-refractivity contribution is 0.659. The molecule has 1 unspecified atom stereocenters. The minimum absolute atomic E-state index is 0.463. The van der Waals surface area contributed by atoms with E-state index in [0.717, 1.165) is 16.6 Å². The Morgan fingerprint density at radius 1 is 1.41 bits per heavy atom. The van der Waals surface area contributed by atoms with Gasteiger partial charge in [-0.2, -0.15) is 0 Å². The van der Waals surface area contributed by atoms with Crippen LogP contribution in [0.25, 0.3) is 11.0 Å². The van der Waals surface area contributed by atoms with Crippen molar-refractivity contribution >= 4 is 22.2 Å². The van der Waals surface area contributed by atoms with Crippen molar-refractivity contribution in [3.05, 3.63) is 30.1 Å². The van der Waals surface area contributed by atoms with Gasteiger partial charge in [0.25, 0.3) is 0 Å². The third-order valence-electron chi connectivity index (χ3n) is 2.32. The first-order valence-electron chi connectivity index (χ1n) is 5.31. The molecule has 6 nitrogen and oxygen atoms in total. The van der Waals surface area contributed by atoms with Crippen molar-refractivity contribution < 1.29 is 4.21 Å². The summed E-state index contributed by atoms with van der Waals surface area (Å²) in [6.45, 7) is 1.50. The van der Waals surface area contributed by atoms with Gasteiger partial charge in [0.1, 0.15) is 5.65 Å². The molecule has 0 saturated heterocycles. The summed E-state index contributed by atoms with van der Waals surface area (Å²) in [5.74, 6) is 0. The fraction of sp³-hybridized carbons (Fsp3) is 0.300. The fourth-order valence-electron chi connectivity index (χ4n) is 1.52. The van der Waals surface area contributed by atoms with Crippen LogP contribution in [0.4, 0.5) is 0 Å². The summed E-state index contributed by atoms with van der Waals surface area (Å²) in [6, 6.07) is 3.86. The number of H-pyrrole nitrogens is 1. The van der Waals surface area contributed by atoms with E-state index in [9.17, 15) is 4.21 Å². The van der Waals surface area contributed by atoms with Gasteiger partial charge < -0.3 is 10.7 Å². The highest BCUT2D eigenvalue weighted by molar-refractivity contribution is 7.80. The second-order valence-electron chi connectivity index (χ2n) is 3.48. The molecule has 0 spiro atoms. The molecule has 0 radical (unpaired) electrons. The van der Waals surface area contributed by atoms with E-state index in [1.54, 1.807) is 6.20 Å². The molecule has 0 bridgehead atoms. The van der Waals surface area contributed by atoms with Crippen LogP contribution in [0.15, 0.2) is 24.5 Å². The van der Waals surface area contributed by atoms with Crippen LogP contribution in [0.1, 0.15) is 5.56 Å². The predicted octanol–water partition coefficient (Wildman–Crippen LogP) is -0.220. The fourth-order valence-corrected chi connectivity index (χ4v) is 2.21. The van der Waals surface area contributed by atoms with Gasteiger partial charge in [-0.1, -0.05) is 0 Å². The summed E-state index contributed by atoms with van der Waals surface area (Å²) >= 11 is -1.26. The van der Waals surface area contributed by atoms with Crippen molar-refractivity contribution in [1.82, 2.24) is 19.4 Å². The second-order valence-corrected chi connectivity index (χ2v) is 4.60. The molecule has 7 heteroatoms. The van der Waals surface area contributed by atoms with Crippen molar-refractivity contribution in [2.45, 2.75) is 6.54 Å². The Kier molecular flexibility index (Phi) is 4.21. The van der Waals surface area contributed by atoms with Crippen LogP contribution < -0.4 is 15.2 Å². The highest BCUT2D eigenvalue weighted by Gasteiger charge is 2.04. The van der Waals surface area contributed by atoms with Crippen LogP contribution in [0.5, 0.6) is 0 Å². The predicted molar refractivity (Wildman–Crippen MR) is 68.1 cm³/mol. The maximum Gasteiger partial charge on any atom is 0.167 e.